The third-order valence-corrected chi connectivity index (χ3v) is 7.82. The minimum absolute atomic E-state index is 0.0345. The number of nitrogens with zero attached hydrogens (tertiary/aromatic N) is 5. The van der Waals surface area contributed by atoms with Crippen LogP contribution in [0.4, 0.5) is 18.3 Å². The summed E-state index contributed by atoms with van der Waals surface area (Å²) >= 11 is 1.57. The highest BCUT2D eigenvalue weighted by Gasteiger charge is 2.37. The Morgan fingerprint density at radius 2 is 1.95 bits per heavy atom. The zero-order chi connectivity index (χ0) is 25.7. The molecule has 11 heteroatoms. The van der Waals surface area contributed by atoms with Gasteiger partial charge in [-0.3, -0.25) is 4.68 Å². The Hall–Kier alpha value is -3.44. The molecule has 0 saturated heterocycles. The van der Waals surface area contributed by atoms with Gasteiger partial charge in [0.15, 0.2) is 10.8 Å². The number of hydrogen-bond acceptors (Lipinski definition) is 6. The first kappa shape index (κ1) is 23.9. The molecule has 1 saturated carbocycles. The van der Waals surface area contributed by atoms with E-state index >= 15 is 0 Å². The average Bonchev–Trinajstić information content (AvgIpc) is 3.56. The summed E-state index contributed by atoms with van der Waals surface area (Å²) in [7, 11) is 1.48. The fourth-order valence-corrected chi connectivity index (χ4v) is 6.02. The van der Waals surface area contributed by atoms with Gasteiger partial charge in [0, 0.05) is 25.4 Å². The van der Waals surface area contributed by atoms with Crippen LogP contribution in [-0.4, -0.2) is 41.6 Å². The number of benzene rings is 2. The van der Waals surface area contributed by atoms with Crippen LogP contribution in [0.5, 0.6) is 0 Å². The number of nitrogens with one attached hydrogen (secondary N) is 1. The maximum absolute atomic E-state index is 13.4. The minimum Gasteiger partial charge on any atom is -0.391 e. The number of rotatable bonds is 5. The van der Waals surface area contributed by atoms with Crippen molar-refractivity contribution in [1.82, 2.24) is 24.3 Å². The molecule has 192 valence electrons. The van der Waals surface area contributed by atoms with Crippen LogP contribution in [0.2, 0.25) is 0 Å². The Morgan fingerprint density at radius 1 is 1.11 bits per heavy atom. The van der Waals surface area contributed by atoms with Gasteiger partial charge in [0.2, 0.25) is 0 Å². The smallest absolute Gasteiger partial charge is 0.391 e. The Labute approximate surface area is 214 Å². The van der Waals surface area contributed by atoms with Gasteiger partial charge in [-0.05, 0) is 48.2 Å². The molecular weight excluding hydrogens is 501 g/mol. The second-order valence-electron chi connectivity index (χ2n) is 9.56. The van der Waals surface area contributed by atoms with Crippen LogP contribution >= 0.6 is 11.3 Å². The predicted molar refractivity (Wildman–Crippen MR) is 138 cm³/mol. The number of aryl methyl sites for hydroxylation is 1. The van der Waals surface area contributed by atoms with E-state index in [0.29, 0.717) is 17.6 Å². The summed E-state index contributed by atoms with van der Waals surface area (Å²) in [5, 5.41) is 18.1. The summed E-state index contributed by atoms with van der Waals surface area (Å²) < 4.78 is 44.5. The molecule has 0 aliphatic heterocycles. The Bertz CT molecular complexity index is 1590. The van der Waals surface area contributed by atoms with Gasteiger partial charge in [0.1, 0.15) is 0 Å². The largest absolute Gasteiger partial charge is 0.435 e. The van der Waals surface area contributed by atoms with Crippen LogP contribution in [0.1, 0.15) is 36.9 Å². The zero-order valence-corrected chi connectivity index (χ0v) is 20.9. The van der Waals surface area contributed by atoms with E-state index in [0.717, 1.165) is 52.1 Å². The van der Waals surface area contributed by atoms with E-state index in [2.05, 4.69) is 26.4 Å². The highest BCUT2D eigenvalue weighted by Crippen LogP contribution is 2.37. The third kappa shape index (κ3) is 4.69. The van der Waals surface area contributed by atoms with Gasteiger partial charge in [-0.15, -0.1) is 0 Å². The number of aromatic nitrogens is 5. The monoisotopic (exact) mass is 526 g/mol. The molecule has 37 heavy (non-hydrogen) atoms. The van der Waals surface area contributed by atoms with Gasteiger partial charge in [-0.1, -0.05) is 36.3 Å². The molecule has 2 N–H and O–H groups in total. The normalized spacial score (nSPS) is 18.6. The second-order valence-corrected chi connectivity index (χ2v) is 10.6. The van der Waals surface area contributed by atoms with E-state index in [1.807, 2.05) is 16.7 Å². The highest BCUT2D eigenvalue weighted by atomic mass is 32.1. The molecule has 3 heterocycles. The topological polar surface area (TPSA) is 80.8 Å². The number of halogens is 3. The zero-order valence-electron chi connectivity index (χ0n) is 20.0. The molecule has 0 spiro atoms. The first-order chi connectivity index (χ1) is 17.7. The number of thiazole rings is 1. The van der Waals surface area contributed by atoms with Crippen LogP contribution in [0.3, 0.4) is 0 Å². The van der Waals surface area contributed by atoms with Crippen LogP contribution in [0, 0.1) is 0 Å². The quantitative estimate of drug-likeness (QED) is 0.301. The van der Waals surface area contributed by atoms with Gasteiger partial charge in [0.05, 0.1) is 39.7 Å². The molecular formula is C26H25F3N6OS. The van der Waals surface area contributed by atoms with Crippen molar-refractivity contribution in [3.63, 3.8) is 0 Å². The number of anilines is 1. The molecule has 3 aromatic heterocycles. The summed E-state index contributed by atoms with van der Waals surface area (Å²) in [4.78, 5) is 9.13. The van der Waals surface area contributed by atoms with E-state index in [-0.39, 0.29) is 17.7 Å². The van der Waals surface area contributed by atoms with Gasteiger partial charge < -0.3 is 15.0 Å². The van der Waals surface area contributed by atoms with Crippen LogP contribution in [0.15, 0.2) is 48.9 Å². The number of aliphatic hydroxyl groups is 1. The molecule has 1 fully saturated rings. The molecule has 0 amide bonds. The van der Waals surface area contributed by atoms with E-state index in [1.54, 1.807) is 35.9 Å². The van der Waals surface area contributed by atoms with Gasteiger partial charge in [-0.2, -0.15) is 18.3 Å². The molecule has 0 bridgehead atoms. The van der Waals surface area contributed by atoms with E-state index in [9.17, 15) is 18.3 Å². The lowest BCUT2D eigenvalue weighted by molar-refractivity contribution is -0.140. The number of fused-ring (bicyclic) bond motifs is 2. The first-order valence-corrected chi connectivity index (χ1v) is 13.0. The van der Waals surface area contributed by atoms with E-state index in [4.69, 9.17) is 0 Å². The van der Waals surface area contributed by atoms with Crippen molar-refractivity contribution in [3.05, 3.63) is 60.2 Å². The average molecular weight is 527 g/mol. The molecule has 0 unspecified atom stereocenters. The Balaban J connectivity index is 1.24. The molecule has 7 nitrogen and oxygen atoms in total. The first-order valence-electron chi connectivity index (χ1n) is 12.1. The maximum atomic E-state index is 13.4. The minimum atomic E-state index is -4.54. The standard InChI is InChI=1S/C26H25F3N6OS/c1-34-13-17(24(33-34)26(27,28)29)16-7-9-21-20(11-16)30-14-35(21)12-15-6-8-19-23(10-15)37-25(32-19)31-18-4-2-3-5-22(18)36/h6-11,13-14,18,22,36H,2-5,12H2,1H3,(H,31,32)/t18-,22-/m1/s1. The lowest BCUT2D eigenvalue weighted by atomic mass is 9.93. The molecule has 0 radical (unpaired) electrons. The summed E-state index contributed by atoms with van der Waals surface area (Å²) in [5.41, 5.74) is 2.97. The van der Waals surface area contributed by atoms with Gasteiger partial charge in [0.25, 0.3) is 0 Å². The number of alkyl halides is 3. The van der Waals surface area contributed by atoms with Crippen molar-refractivity contribution in [3.8, 4) is 11.1 Å². The SMILES string of the molecule is Cn1cc(-c2ccc3c(c2)ncn3Cc2ccc3nc(N[C@@H]4CCCC[C@H]4O)sc3c2)c(C(F)(F)F)n1. The van der Waals surface area contributed by atoms with Crippen molar-refractivity contribution in [2.24, 2.45) is 7.05 Å². The van der Waals surface area contributed by atoms with Gasteiger partial charge in [-0.25, -0.2) is 9.97 Å². The molecule has 1 aliphatic rings. The fraction of sp³-hybridized carbons (Fsp3) is 0.346. The second kappa shape index (κ2) is 9.14. The lowest BCUT2D eigenvalue weighted by Crippen LogP contribution is -2.36. The Morgan fingerprint density at radius 3 is 2.76 bits per heavy atom. The highest BCUT2D eigenvalue weighted by molar-refractivity contribution is 7.22. The molecule has 5 aromatic rings. The number of aliphatic hydroxyl groups excluding tert-OH is 1. The maximum Gasteiger partial charge on any atom is 0.435 e. The van der Waals surface area contributed by atoms with Crippen molar-refractivity contribution in [2.75, 3.05) is 5.32 Å². The predicted octanol–water partition coefficient (Wildman–Crippen LogP) is 5.83. The molecule has 2 aromatic carbocycles. The molecule has 6 rings (SSSR count). The fourth-order valence-electron chi connectivity index (χ4n) is 5.03. The van der Waals surface area contributed by atoms with Crippen molar-refractivity contribution in [2.45, 2.75) is 50.6 Å². The summed E-state index contributed by atoms with van der Waals surface area (Å²) in [6.45, 7) is 0.564. The third-order valence-electron chi connectivity index (χ3n) is 6.87. The van der Waals surface area contributed by atoms with Crippen molar-refractivity contribution in [1.29, 1.82) is 0 Å². The van der Waals surface area contributed by atoms with Crippen molar-refractivity contribution < 1.29 is 18.3 Å². The van der Waals surface area contributed by atoms with Crippen LogP contribution in [0.25, 0.3) is 32.4 Å². The Kier molecular flexibility index (Phi) is 5.91. The number of hydrogen-bond donors (Lipinski definition) is 2. The van der Waals surface area contributed by atoms with Gasteiger partial charge >= 0.3 is 6.18 Å². The molecule has 2 atom stereocenters. The summed E-state index contributed by atoms with van der Waals surface area (Å²) in [5.74, 6) is 0. The van der Waals surface area contributed by atoms with Crippen LogP contribution < -0.4 is 5.32 Å². The molecule has 1 aliphatic carbocycles. The number of imidazole rings is 1. The summed E-state index contributed by atoms with van der Waals surface area (Å²) in [6.07, 6.45) is 2.13. The lowest BCUT2D eigenvalue weighted by Gasteiger charge is -2.27. The van der Waals surface area contributed by atoms with E-state index in [1.165, 1.54) is 17.9 Å². The van der Waals surface area contributed by atoms with Crippen molar-refractivity contribution >= 4 is 37.7 Å². The van der Waals surface area contributed by atoms with Crippen LogP contribution in [-0.2, 0) is 19.8 Å². The van der Waals surface area contributed by atoms with E-state index < -0.39 is 11.9 Å². The summed E-state index contributed by atoms with van der Waals surface area (Å²) in [6, 6.07) is 11.3.